The van der Waals surface area contributed by atoms with Crippen molar-refractivity contribution in [2.75, 3.05) is 26.3 Å². The van der Waals surface area contributed by atoms with Gasteiger partial charge >= 0.3 is 0 Å². The van der Waals surface area contributed by atoms with Gasteiger partial charge in [0.2, 0.25) is 0 Å². The Morgan fingerprint density at radius 1 is 1.05 bits per heavy atom. The fourth-order valence-corrected chi connectivity index (χ4v) is 2.40. The Bertz CT molecular complexity index is 387. The summed E-state index contributed by atoms with van der Waals surface area (Å²) in [6.07, 6.45) is 1.08. The average Bonchev–Trinajstić information content (AvgIpc) is 2.40. The highest BCUT2D eigenvalue weighted by atomic mass is 16.5. The van der Waals surface area contributed by atoms with Crippen LogP contribution >= 0.6 is 0 Å². The zero-order valence-corrected chi connectivity index (χ0v) is 14.5. The van der Waals surface area contributed by atoms with Gasteiger partial charge < -0.3 is 10.1 Å². The standard InChI is InChI=1S/C19H33NO/c1-15(2)12-20-13-19(9-10-21-14-16(3)4)18-8-6-7-17(5)11-18/h6-8,11,15-16,19-20H,9-10,12-14H2,1-5H3. The van der Waals surface area contributed by atoms with Crippen LogP contribution in [0, 0.1) is 18.8 Å². The largest absolute Gasteiger partial charge is 0.381 e. The maximum absolute atomic E-state index is 5.78. The van der Waals surface area contributed by atoms with Gasteiger partial charge in [0, 0.05) is 19.8 Å². The van der Waals surface area contributed by atoms with Crippen molar-refractivity contribution in [2.45, 2.75) is 47.0 Å². The van der Waals surface area contributed by atoms with E-state index < -0.39 is 0 Å². The lowest BCUT2D eigenvalue weighted by Gasteiger charge is -2.20. The van der Waals surface area contributed by atoms with Gasteiger partial charge in [0.15, 0.2) is 0 Å². The Morgan fingerprint density at radius 2 is 1.81 bits per heavy atom. The molecule has 1 rings (SSSR count). The lowest BCUT2D eigenvalue weighted by Crippen LogP contribution is -2.26. The molecule has 0 amide bonds. The molecule has 0 saturated carbocycles. The predicted octanol–water partition coefficient (Wildman–Crippen LogP) is 4.39. The molecule has 0 aliphatic rings. The van der Waals surface area contributed by atoms with E-state index in [9.17, 15) is 0 Å². The molecule has 0 saturated heterocycles. The Kier molecular flexibility index (Phi) is 8.63. The van der Waals surface area contributed by atoms with Gasteiger partial charge in [-0.1, -0.05) is 57.5 Å². The van der Waals surface area contributed by atoms with Gasteiger partial charge in [0.25, 0.3) is 0 Å². The van der Waals surface area contributed by atoms with Crippen molar-refractivity contribution in [3.63, 3.8) is 0 Å². The smallest absolute Gasteiger partial charge is 0.0488 e. The highest BCUT2D eigenvalue weighted by molar-refractivity contribution is 5.25. The van der Waals surface area contributed by atoms with E-state index in [1.165, 1.54) is 11.1 Å². The molecule has 1 N–H and O–H groups in total. The Morgan fingerprint density at radius 3 is 2.43 bits per heavy atom. The topological polar surface area (TPSA) is 21.3 Å². The first-order valence-corrected chi connectivity index (χ1v) is 8.34. The highest BCUT2D eigenvalue weighted by Gasteiger charge is 2.12. The normalized spacial score (nSPS) is 13.1. The van der Waals surface area contributed by atoms with Crippen LogP contribution in [0.15, 0.2) is 24.3 Å². The molecule has 21 heavy (non-hydrogen) atoms. The second kappa shape index (κ2) is 9.97. The van der Waals surface area contributed by atoms with Gasteiger partial charge in [-0.2, -0.15) is 0 Å². The van der Waals surface area contributed by atoms with E-state index in [0.717, 1.165) is 32.7 Å². The van der Waals surface area contributed by atoms with Gasteiger partial charge in [0.05, 0.1) is 0 Å². The van der Waals surface area contributed by atoms with Crippen LogP contribution in [0.1, 0.15) is 51.2 Å². The summed E-state index contributed by atoms with van der Waals surface area (Å²) in [7, 11) is 0. The minimum atomic E-state index is 0.538. The molecule has 1 aromatic carbocycles. The summed E-state index contributed by atoms with van der Waals surface area (Å²) in [5.41, 5.74) is 2.77. The number of aryl methyl sites for hydroxylation is 1. The van der Waals surface area contributed by atoms with Crippen LogP contribution in [0.5, 0.6) is 0 Å². The van der Waals surface area contributed by atoms with E-state index in [1.54, 1.807) is 0 Å². The zero-order chi connectivity index (χ0) is 15.7. The average molecular weight is 291 g/mol. The van der Waals surface area contributed by atoms with Crippen molar-refractivity contribution in [3.05, 3.63) is 35.4 Å². The van der Waals surface area contributed by atoms with Gasteiger partial charge in [-0.15, -0.1) is 0 Å². The second-order valence-corrected chi connectivity index (χ2v) is 6.92. The molecule has 1 aromatic rings. The van der Waals surface area contributed by atoms with E-state index in [1.807, 2.05) is 0 Å². The molecular formula is C19H33NO. The molecule has 1 atom stereocenters. The number of hydrogen-bond donors (Lipinski definition) is 1. The van der Waals surface area contributed by atoms with E-state index in [2.05, 4.69) is 64.2 Å². The van der Waals surface area contributed by atoms with Gasteiger partial charge in [0.1, 0.15) is 0 Å². The fourth-order valence-electron chi connectivity index (χ4n) is 2.40. The summed E-state index contributed by atoms with van der Waals surface area (Å²) in [6, 6.07) is 8.88. The number of nitrogens with one attached hydrogen (secondary N) is 1. The lowest BCUT2D eigenvalue weighted by atomic mass is 9.94. The van der Waals surface area contributed by atoms with E-state index >= 15 is 0 Å². The first-order valence-electron chi connectivity index (χ1n) is 8.34. The van der Waals surface area contributed by atoms with Crippen molar-refractivity contribution >= 4 is 0 Å². The Hall–Kier alpha value is -0.860. The predicted molar refractivity (Wildman–Crippen MR) is 91.9 cm³/mol. The van der Waals surface area contributed by atoms with Gasteiger partial charge in [-0.3, -0.25) is 0 Å². The molecule has 0 heterocycles. The van der Waals surface area contributed by atoms with Crippen LogP contribution in [-0.4, -0.2) is 26.3 Å². The van der Waals surface area contributed by atoms with E-state index in [4.69, 9.17) is 4.74 Å². The van der Waals surface area contributed by atoms with E-state index in [-0.39, 0.29) is 0 Å². The molecule has 0 aliphatic heterocycles. The molecule has 120 valence electrons. The number of rotatable bonds is 10. The summed E-state index contributed by atoms with van der Waals surface area (Å²) in [5.74, 6) is 1.85. The van der Waals surface area contributed by atoms with E-state index in [0.29, 0.717) is 17.8 Å². The van der Waals surface area contributed by atoms with Crippen LogP contribution in [0.4, 0.5) is 0 Å². The third-order valence-electron chi connectivity index (χ3n) is 3.52. The summed E-state index contributed by atoms with van der Waals surface area (Å²) in [6.45, 7) is 14.9. The first-order chi connectivity index (χ1) is 9.99. The monoisotopic (exact) mass is 291 g/mol. The van der Waals surface area contributed by atoms with Crippen LogP contribution in [0.2, 0.25) is 0 Å². The molecular weight excluding hydrogens is 258 g/mol. The molecule has 0 bridgehead atoms. The molecule has 0 aromatic heterocycles. The summed E-state index contributed by atoms with van der Waals surface area (Å²) in [4.78, 5) is 0. The maximum Gasteiger partial charge on any atom is 0.0488 e. The number of hydrogen-bond acceptors (Lipinski definition) is 2. The maximum atomic E-state index is 5.78. The molecule has 0 spiro atoms. The Balaban J connectivity index is 2.53. The summed E-state index contributed by atoms with van der Waals surface area (Å²) in [5, 5.41) is 3.60. The fraction of sp³-hybridized carbons (Fsp3) is 0.684. The molecule has 0 fully saturated rings. The van der Waals surface area contributed by atoms with Gasteiger partial charge in [-0.25, -0.2) is 0 Å². The van der Waals surface area contributed by atoms with Crippen LogP contribution in [0.3, 0.4) is 0 Å². The third kappa shape index (κ3) is 8.23. The molecule has 0 radical (unpaired) electrons. The quantitative estimate of drug-likeness (QED) is 0.646. The Labute approximate surface area is 131 Å². The molecule has 1 unspecified atom stereocenters. The van der Waals surface area contributed by atoms with Crippen LogP contribution in [-0.2, 0) is 4.74 Å². The molecule has 2 heteroatoms. The van der Waals surface area contributed by atoms with Crippen LogP contribution < -0.4 is 5.32 Å². The van der Waals surface area contributed by atoms with Crippen molar-refractivity contribution in [3.8, 4) is 0 Å². The molecule has 0 aliphatic carbocycles. The summed E-state index contributed by atoms with van der Waals surface area (Å²) < 4.78 is 5.78. The minimum absolute atomic E-state index is 0.538. The zero-order valence-electron chi connectivity index (χ0n) is 14.5. The SMILES string of the molecule is Cc1cccc(C(CCOCC(C)C)CNCC(C)C)c1. The lowest BCUT2D eigenvalue weighted by molar-refractivity contribution is 0.103. The van der Waals surface area contributed by atoms with Crippen molar-refractivity contribution < 1.29 is 4.74 Å². The second-order valence-electron chi connectivity index (χ2n) is 6.92. The highest BCUT2D eigenvalue weighted by Crippen LogP contribution is 2.20. The molecule has 2 nitrogen and oxygen atoms in total. The first kappa shape index (κ1) is 18.2. The van der Waals surface area contributed by atoms with Crippen molar-refractivity contribution in [1.82, 2.24) is 5.32 Å². The van der Waals surface area contributed by atoms with Crippen molar-refractivity contribution in [1.29, 1.82) is 0 Å². The van der Waals surface area contributed by atoms with Crippen molar-refractivity contribution in [2.24, 2.45) is 11.8 Å². The third-order valence-corrected chi connectivity index (χ3v) is 3.52. The number of benzene rings is 1. The minimum Gasteiger partial charge on any atom is -0.381 e. The van der Waals surface area contributed by atoms with Gasteiger partial charge in [-0.05, 0) is 43.2 Å². The van der Waals surface area contributed by atoms with Crippen LogP contribution in [0.25, 0.3) is 0 Å². The number of ether oxygens (including phenoxy) is 1. The summed E-state index contributed by atoms with van der Waals surface area (Å²) >= 11 is 0.